The molecule has 0 aliphatic carbocycles. The number of hydrazone groups is 1. The van der Waals surface area contributed by atoms with Gasteiger partial charge in [0.2, 0.25) is 5.17 Å². The molecule has 0 aliphatic heterocycles. The smallest absolute Gasteiger partial charge is 0.370 e. The number of ether oxygens (including phenoxy) is 2. The number of esters is 1. The fourth-order valence-corrected chi connectivity index (χ4v) is 1.35. The number of carbonyl (C=O) groups is 1. The van der Waals surface area contributed by atoms with Crippen LogP contribution in [0.1, 0.15) is 12.5 Å². The highest BCUT2D eigenvalue weighted by Gasteiger charge is 2.09. The summed E-state index contributed by atoms with van der Waals surface area (Å²) in [7, 11) is 1.55. The molecule has 0 fully saturated rings. The second-order valence-corrected chi connectivity index (χ2v) is 3.80. The lowest BCUT2D eigenvalue weighted by Crippen LogP contribution is -2.13. The Kier molecular flexibility index (Phi) is 5.45. The van der Waals surface area contributed by atoms with Crippen molar-refractivity contribution in [3.63, 3.8) is 0 Å². The SMILES string of the molecule is CCOC(=O)C(Cl)=NNc1cc(C)ccc1OC. The van der Waals surface area contributed by atoms with Crippen molar-refractivity contribution in [3.05, 3.63) is 23.8 Å². The molecule has 0 saturated carbocycles. The number of benzene rings is 1. The Morgan fingerprint density at radius 2 is 2.22 bits per heavy atom. The van der Waals surface area contributed by atoms with Crippen LogP contribution >= 0.6 is 11.6 Å². The van der Waals surface area contributed by atoms with Crippen LogP contribution in [0.5, 0.6) is 5.75 Å². The minimum atomic E-state index is -0.668. The molecule has 1 N–H and O–H groups in total. The molecule has 1 aromatic rings. The van der Waals surface area contributed by atoms with Gasteiger partial charge in [0.25, 0.3) is 0 Å². The number of nitrogens with zero attached hydrogens (tertiary/aromatic N) is 1. The molecule has 18 heavy (non-hydrogen) atoms. The van der Waals surface area contributed by atoms with Crippen molar-refractivity contribution in [2.75, 3.05) is 19.1 Å². The van der Waals surface area contributed by atoms with Crippen molar-refractivity contribution in [3.8, 4) is 5.75 Å². The van der Waals surface area contributed by atoms with E-state index >= 15 is 0 Å². The van der Waals surface area contributed by atoms with E-state index in [0.717, 1.165) is 5.56 Å². The maximum absolute atomic E-state index is 11.2. The number of hydrogen-bond donors (Lipinski definition) is 1. The van der Waals surface area contributed by atoms with Gasteiger partial charge in [-0.15, -0.1) is 0 Å². The van der Waals surface area contributed by atoms with Crippen molar-refractivity contribution >= 4 is 28.4 Å². The summed E-state index contributed by atoms with van der Waals surface area (Å²) in [6.45, 7) is 3.87. The van der Waals surface area contributed by atoms with Crippen LogP contribution in [-0.2, 0) is 9.53 Å². The molecule has 1 rings (SSSR count). The van der Waals surface area contributed by atoms with Crippen LogP contribution < -0.4 is 10.2 Å². The zero-order valence-electron chi connectivity index (χ0n) is 10.5. The second-order valence-electron chi connectivity index (χ2n) is 3.44. The zero-order valence-corrected chi connectivity index (χ0v) is 11.2. The van der Waals surface area contributed by atoms with Gasteiger partial charge in [-0.3, -0.25) is 5.43 Å². The summed E-state index contributed by atoms with van der Waals surface area (Å²) in [5.41, 5.74) is 4.33. The summed E-state index contributed by atoms with van der Waals surface area (Å²) >= 11 is 5.67. The molecule has 1 aromatic carbocycles. The molecule has 98 valence electrons. The molecular formula is C12H15ClN2O3. The first-order chi connectivity index (χ1) is 8.58. The van der Waals surface area contributed by atoms with Crippen LogP contribution in [0.25, 0.3) is 0 Å². The molecule has 0 unspecified atom stereocenters. The Morgan fingerprint density at radius 1 is 1.50 bits per heavy atom. The van der Waals surface area contributed by atoms with E-state index in [9.17, 15) is 4.79 Å². The summed E-state index contributed by atoms with van der Waals surface area (Å²) in [6, 6.07) is 5.53. The lowest BCUT2D eigenvalue weighted by molar-refractivity contribution is -0.134. The maximum atomic E-state index is 11.2. The number of methoxy groups -OCH3 is 1. The van der Waals surface area contributed by atoms with Gasteiger partial charge in [0.1, 0.15) is 5.75 Å². The molecule has 5 nitrogen and oxygen atoms in total. The number of hydrogen-bond acceptors (Lipinski definition) is 5. The van der Waals surface area contributed by atoms with Gasteiger partial charge in [0, 0.05) is 0 Å². The monoisotopic (exact) mass is 270 g/mol. The Balaban J connectivity index is 2.81. The Hall–Kier alpha value is -1.75. The van der Waals surface area contributed by atoms with E-state index in [1.165, 1.54) is 0 Å². The Labute approximate surface area is 111 Å². The number of anilines is 1. The molecule has 0 saturated heterocycles. The van der Waals surface area contributed by atoms with Gasteiger partial charge in [-0.1, -0.05) is 17.7 Å². The van der Waals surface area contributed by atoms with Gasteiger partial charge in [0.05, 0.1) is 19.4 Å². The van der Waals surface area contributed by atoms with Crippen LogP contribution in [-0.4, -0.2) is 24.9 Å². The summed E-state index contributed by atoms with van der Waals surface area (Å²) in [5.74, 6) is -0.0593. The van der Waals surface area contributed by atoms with Crippen molar-refractivity contribution in [2.24, 2.45) is 5.10 Å². The third-order valence-electron chi connectivity index (χ3n) is 2.07. The molecule has 0 aliphatic rings. The van der Waals surface area contributed by atoms with E-state index in [-0.39, 0.29) is 11.8 Å². The van der Waals surface area contributed by atoms with Crippen LogP contribution in [0.3, 0.4) is 0 Å². The minimum Gasteiger partial charge on any atom is -0.495 e. The third-order valence-corrected chi connectivity index (χ3v) is 2.31. The number of halogens is 1. The normalized spacial score (nSPS) is 11.0. The summed E-state index contributed by atoms with van der Waals surface area (Å²) < 4.78 is 9.85. The van der Waals surface area contributed by atoms with Gasteiger partial charge in [-0.05, 0) is 31.5 Å². The fourth-order valence-electron chi connectivity index (χ4n) is 1.25. The number of carbonyl (C=O) groups excluding carboxylic acids is 1. The van der Waals surface area contributed by atoms with E-state index in [4.69, 9.17) is 21.1 Å². The molecular weight excluding hydrogens is 256 g/mol. The van der Waals surface area contributed by atoms with Crippen molar-refractivity contribution < 1.29 is 14.3 Å². The molecule has 0 radical (unpaired) electrons. The van der Waals surface area contributed by atoms with Crippen LogP contribution in [0.4, 0.5) is 5.69 Å². The highest BCUT2D eigenvalue weighted by Crippen LogP contribution is 2.25. The number of rotatable bonds is 5. The molecule has 0 aromatic heterocycles. The Bertz CT molecular complexity index is 461. The summed E-state index contributed by atoms with van der Waals surface area (Å²) in [6.07, 6.45) is 0. The van der Waals surface area contributed by atoms with E-state index in [0.29, 0.717) is 11.4 Å². The largest absolute Gasteiger partial charge is 0.495 e. The molecule has 0 heterocycles. The first kappa shape index (κ1) is 14.3. The first-order valence-corrected chi connectivity index (χ1v) is 5.77. The molecule has 0 amide bonds. The summed E-state index contributed by atoms with van der Waals surface area (Å²) in [5, 5.41) is 3.48. The van der Waals surface area contributed by atoms with Crippen LogP contribution in [0.15, 0.2) is 23.3 Å². The minimum absolute atomic E-state index is 0.248. The van der Waals surface area contributed by atoms with Crippen LogP contribution in [0, 0.1) is 6.92 Å². The van der Waals surface area contributed by atoms with Crippen molar-refractivity contribution in [2.45, 2.75) is 13.8 Å². The van der Waals surface area contributed by atoms with Gasteiger partial charge >= 0.3 is 5.97 Å². The Morgan fingerprint density at radius 3 is 2.83 bits per heavy atom. The lowest BCUT2D eigenvalue weighted by Gasteiger charge is -2.08. The molecule has 0 bridgehead atoms. The van der Waals surface area contributed by atoms with Gasteiger partial charge in [-0.2, -0.15) is 5.10 Å². The fraction of sp³-hybridized carbons (Fsp3) is 0.333. The lowest BCUT2D eigenvalue weighted by atomic mass is 10.2. The first-order valence-electron chi connectivity index (χ1n) is 5.39. The predicted octanol–water partition coefficient (Wildman–Crippen LogP) is 2.53. The average molecular weight is 271 g/mol. The van der Waals surface area contributed by atoms with E-state index < -0.39 is 5.97 Å². The van der Waals surface area contributed by atoms with Crippen molar-refractivity contribution in [1.82, 2.24) is 0 Å². The van der Waals surface area contributed by atoms with E-state index in [1.807, 2.05) is 19.1 Å². The third kappa shape index (κ3) is 3.92. The topological polar surface area (TPSA) is 59.9 Å². The van der Waals surface area contributed by atoms with Gasteiger partial charge < -0.3 is 9.47 Å². The molecule has 6 heteroatoms. The standard InChI is InChI=1S/C12H15ClN2O3/c1-4-18-12(16)11(13)15-14-9-7-8(2)5-6-10(9)17-3/h5-7,14H,4H2,1-3H3. The molecule has 0 spiro atoms. The van der Waals surface area contributed by atoms with E-state index in [1.54, 1.807) is 20.1 Å². The van der Waals surface area contributed by atoms with Gasteiger partial charge in [0.15, 0.2) is 0 Å². The number of nitrogens with one attached hydrogen (secondary N) is 1. The molecule has 0 atom stereocenters. The maximum Gasteiger partial charge on any atom is 0.370 e. The highest BCUT2D eigenvalue weighted by atomic mass is 35.5. The van der Waals surface area contributed by atoms with E-state index in [2.05, 4.69) is 10.5 Å². The number of aryl methyl sites for hydroxylation is 1. The quantitative estimate of drug-likeness (QED) is 0.507. The van der Waals surface area contributed by atoms with Gasteiger partial charge in [-0.25, -0.2) is 4.79 Å². The van der Waals surface area contributed by atoms with Crippen molar-refractivity contribution in [1.29, 1.82) is 0 Å². The average Bonchev–Trinajstić information content (AvgIpc) is 2.36. The second kappa shape index (κ2) is 6.86. The zero-order chi connectivity index (χ0) is 13.5. The summed E-state index contributed by atoms with van der Waals surface area (Å²) in [4.78, 5) is 11.2. The predicted molar refractivity (Wildman–Crippen MR) is 71.3 cm³/mol. The highest BCUT2D eigenvalue weighted by molar-refractivity contribution is 6.82. The van der Waals surface area contributed by atoms with Crippen LogP contribution in [0.2, 0.25) is 0 Å².